The minimum Gasteiger partial charge on any atom is -0.288 e. The zero-order valence-corrected chi connectivity index (χ0v) is 8.53. The maximum Gasteiger partial charge on any atom is 0.186 e. The summed E-state index contributed by atoms with van der Waals surface area (Å²) < 4.78 is 0. The molecule has 0 N–H and O–H groups in total. The molecule has 0 aromatic heterocycles. The van der Waals surface area contributed by atoms with E-state index in [1.54, 1.807) is 0 Å². The van der Waals surface area contributed by atoms with Crippen LogP contribution in [0.2, 0.25) is 5.54 Å². The average molecular weight is 173 g/mol. The van der Waals surface area contributed by atoms with Crippen molar-refractivity contribution in [1.82, 2.24) is 0 Å². The molecular formula is C7H13OSSi. The third-order valence-electron chi connectivity index (χ3n) is 1.94. The Morgan fingerprint density at radius 3 is 2.20 bits per heavy atom. The standard InChI is InChI=1S/C7H13OSSi/c1-4-7(2,3)5(10)6(8)9/h5H,4H2,1-3H3,(H,8,9). The molecule has 0 fully saturated rings. The SMILES string of the molecule is CCC(C)(C)C([Si])C(=O)S. The van der Waals surface area contributed by atoms with Gasteiger partial charge < -0.3 is 0 Å². The second-order valence-corrected chi connectivity index (χ2v) is 4.13. The Balaban J connectivity index is 4.17. The summed E-state index contributed by atoms with van der Waals surface area (Å²) in [6, 6.07) is 0. The van der Waals surface area contributed by atoms with Crippen LogP contribution in [0.25, 0.3) is 0 Å². The summed E-state index contributed by atoms with van der Waals surface area (Å²) in [5.41, 5.74) is -0.128. The van der Waals surface area contributed by atoms with E-state index in [9.17, 15) is 4.79 Å². The molecule has 3 heteroatoms. The van der Waals surface area contributed by atoms with Crippen molar-refractivity contribution in [3.63, 3.8) is 0 Å². The monoisotopic (exact) mass is 173 g/mol. The van der Waals surface area contributed by atoms with E-state index in [4.69, 9.17) is 0 Å². The molecule has 0 aromatic rings. The Kier molecular flexibility index (Phi) is 3.66. The second-order valence-electron chi connectivity index (χ2n) is 3.11. The van der Waals surface area contributed by atoms with Crippen LogP contribution >= 0.6 is 12.6 Å². The fourth-order valence-corrected chi connectivity index (χ4v) is 1.09. The van der Waals surface area contributed by atoms with E-state index in [1.807, 2.05) is 13.8 Å². The average Bonchev–Trinajstić information content (AvgIpc) is 1.86. The van der Waals surface area contributed by atoms with Crippen LogP contribution in [-0.4, -0.2) is 15.4 Å². The summed E-state index contributed by atoms with van der Waals surface area (Å²) in [5, 5.41) is -0.0940. The first-order valence-electron chi connectivity index (χ1n) is 3.35. The molecule has 0 aromatic carbocycles. The number of hydrogen-bond acceptors (Lipinski definition) is 1. The molecule has 0 aliphatic heterocycles. The summed E-state index contributed by atoms with van der Waals surface area (Å²) >= 11 is 3.75. The molecule has 3 radical (unpaired) electrons. The molecule has 0 aliphatic rings. The van der Waals surface area contributed by atoms with Crippen LogP contribution in [0.5, 0.6) is 0 Å². The molecule has 1 nitrogen and oxygen atoms in total. The molecule has 0 heterocycles. The first kappa shape index (κ1) is 10.2. The van der Waals surface area contributed by atoms with Crippen molar-refractivity contribution in [3.8, 4) is 0 Å². The topological polar surface area (TPSA) is 17.1 Å². The van der Waals surface area contributed by atoms with Crippen LogP contribution in [0.4, 0.5) is 0 Å². The maximum atomic E-state index is 10.8. The zero-order valence-electron chi connectivity index (χ0n) is 6.64. The van der Waals surface area contributed by atoms with Crippen molar-refractivity contribution in [3.05, 3.63) is 0 Å². The van der Waals surface area contributed by atoms with Crippen molar-refractivity contribution < 1.29 is 4.79 Å². The Hall–Kier alpha value is 0.237. The highest BCUT2D eigenvalue weighted by Gasteiger charge is 2.27. The van der Waals surface area contributed by atoms with Gasteiger partial charge in [-0.3, -0.25) is 4.79 Å². The van der Waals surface area contributed by atoms with Gasteiger partial charge in [-0.2, -0.15) is 0 Å². The summed E-state index contributed by atoms with van der Waals surface area (Å²) in [4.78, 5) is 10.8. The van der Waals surface area contributed by atoms with Gasteiger partial charge >= 0.3 is 0 Å². The van der Waals surface area contributed by atoms with Crippen LogP contribution in [0.3, 0.4) is 0 Å². The lowest BCUT2D eigenvalue weighted by Crippen LogP contribution is -2.22. The molecule has 0 bridgehead atoms. The van der Waals surface area contributed by atoms with E-state index in [1.165, 1.54) is 0 Å². The van der Waals surface area contributed by atoms with Gasteiger partial charge in [0.25, 0.3) is 0 Å². The van der Waals surface area contributed by atoms with Crippen molar-refractivity contribution in [1.29, 1.82) is 0 Å². The van der Waals surface area contributed by atoms with Gasteiger partial charge in [0.05, 0.1) is 0 Å². The Labute approximate surface area is 71.4 Å². The first-order chi connectivity index (χ1) is 4.41. The maximum absolute atomic E-state index is 10.8. The largest absolute Gasteiger partial charge is 0.288 e. The van der Waals surface area contributed by atoms with Gasteiger partial charge in [-0.25, -0.2) is 0 Å². The minimum absolute atomic E-state index is 0.00965. The lowest BCUT2D eigenvalue weighted by Gasteiger charge is -2.27. The van der Waals surface area contributed by atoms with Gasteiger partial charge in [0.1, 0.15) is 0 Å². The van der Waals surface area contributed by atoms with Crippen molar-refractivity contribution >= 4 is 28.0 Å². The van der Waals surface area contributed by atoms with E-state index in [0.29, 0.717) is 0 Å². The van der Waals surface area contributed by atoms with Gasteiger partial charge in [0, 0.05) is 15.8 Å². The molecule has 1 unspecified atom stereocenters. The molecule has 0 rings (SSSR count). The van der Waals surface area contributed by atoms with E-state index in [0.717, 1.165) is 6.42 Å². The highest BCUT2D eigenvalue weighted by molar-refractivity contribution is 7.96. The van der Waals surface area contributed by atoms with Crippen LogP contribution < -0.4 is 0 Å². The molecule has 0 saturated heterocycles. The normalized spacial score (nSPS) is 14.9. The fourth-order valence-electron chi connectivity index (χ4n) is 0.538. The van der Waals surface area contributed by atoms with Gasteiger partial charge in [-0.1, -0.05) is 27.2 Å². The number of thiol groups is 1. The fraction of sp³-hybridized carbons (Fsp3) is 0.857. The lowest BCUT2D eigenvalue weighted by atomic mass is 9.86. The molecule has 10 heavy (non-hydrogen) atoms. The van der Waals surface area contributed by atoms with Gasteiger partial charge in [0.2, 0.25) is 0 Å². The van der Waals surface area contributed by atoms with Crippen LogP contribution in [0, 0.1) is 5.41 Å². The third kappa shape index (κ3) is 2.46. The first-order valence-corrected chi connectivity index (χ1v) is 4.38. The van der Waals surface area contributed by atoms with Gasteiger partial charge in [-0.15, -0.1) is 12.6 Å². The highest BCUT2D eigenvalue weighted by Crippen LogP contribution is 2.33. The molecule has 0 aliphatic carbocycles. The van der Waals surface area contributed by atoms with E-state index >= 15 is 0 Å². The van der Waals surface area contributed by atoms with Gasteiger partial charge in [-0.05, 0) is 5.41 Å². The molecule has 0 spiro atoms. The van der Waals surface area contributed by atoms with Crippen molar-refractivity contribution in [2.45, 2.75) is 32.7 Å². The van der Waals surface area contributed by atoms with Crippen LogP contribution in [-0.2, 0) is 4.79 Å². The van der Waals surface area contributed by atoms with E-state index in [-0.39, 0.29) is 16.1 Å². The highest BCUT2D eigenvalue weighted by atomic mass is 32.1. The molecule has 0 saturated carbocycles. The Bertz CT molecular complexity index is 134. The molecule has 1 atom stereocenters. The second kappa shape index (κ2) is 3.58. The number of hydrogen-bond donors (Lipinski definition) is 1. The molecular weight excluding hydrogens is 160 g/mol. The van der Waals surface area contributed by atoms with Crippen LogP contribution in [0.15, 0.2) is 0 Å². The summed E-state index contributed by atoms with van der Waals surface area (Å²) in [6.07, 6.45) is 0.966. The molecule has 0 amide bonds. The van der Waals surface area contributed by atoms with E-state index < -0.39 is 0 Å². The van der Waals surface area contributed by atoms with Crippen molar-refractivity contribution in [2.24, 2.45) is 5.41 Å². The Morgan fingerprint density at radius 2 is 2.10 bits per heavy atom. The lowest BCUT2D eigenvalue weighted by molar-refractivity contribution is -0.112. The summed E-state index contributed by atoms with van der Waals surface area (Å²) in [6.45, 7) is 6.14. The van der Waals surface area contributed by atoms with Gasteiger partial charge in [0.15, 0.2) is 5.12 Å². The predicted molar refractivity (Wildman–Crippen MR) is 47.6 cm³/mol. The summed E-state index contributed by atoms with van der Waals surface area (Å²) in [5.74, 6) is 0. The predicted octanol–water partition coefficient (Wildman–Crippen LogP) is 1.84. The number of carbonyl (C=O) groups excluding carboxylic acids is 1. The van der Waals surface area contributed by atoms with Crippen molar-refractivity contribution in [2.75, 3.05) is 0 Å². The summed E-state index contributed by atoms with van der Waals surface area (Å²) in [7, 11) is 3.35. The third-order valence-corrected chi connectivity index (χ3v) is 3.48. The minimum atomic E-state index is -0.138. The van der Waals surface area contributed by atoms with E-state index in [2.05, 4.69) is 29.8 Å². The smallest absolute Gasteiger partial charge is 0.186 e. The van der Waals surface area contributed by atoms with Crippen LogP contribution in [0.1, 0.15) is 27.2 Å². The Morgan fingerprint density at radius 1 is 1.70 bits per heavy atom. The number of carbonyl (C=O) groups is 1. The molecule has 57 valence electrons. The quantitative estimate of drug-likeness (QED) is 0.509. The number of rotatable bonds is 3. The zero-order chi connectivity index (χ0) is 8.36.